The lowest BCUT2D eigenvalue weighted by Gasteiger charge is -2.35. The minimum atomic E-state index is -3.03. The van der Waals surface area contributed by atoms with Gasteiger partial charge in [-0.3, -0.25) is 9.55 Å². The molecular formula is C46H31N3SSi. The van der Waals surface area contributed by atoms with Crippen LogP contribution < -0.4 is 20.7 Å². The molecule has 0 saturated heterocycles. The number of pyridine rings is 2. The van der Waals surface area contributed by atoms with Gasteiger partial charge in [-0.2, -0.15) is 0 Å². The number of benzene rings is 6. The highest BCUT2D eigenvalue weighted by Gasteiger charge is 2.44. The molecule has 0 radical (unpaired) electrons. The molecule has 240 valence electrons. The summed E-state index contributed by atoms with van der Waals surface area (Å²) in [5.41, 5.74) is 4.42. The SMILES string of the molecule is c1ccc([Si](c2ccccc2)(c2cccc(-c3ccccn3)c2)c2cc3c(c4ccccc4n3-c3ccccn3)c3c2sc2ccccc23)cc1. The van der Waals surface area contributed by atoms with Gasteiger partial charge in [0.2, 0.25) is 0 Å². The zero-order chi connectivity index (χ0) is 33.8. The number of nitrogens with zero attached hydrogens (tertiary/aromatic N) is 3. The van der Waals surface area contributed by atoms with E-state index < -0.39 is 8.07 Å². The van der Waals surface area contributed by atoms with Crippen molar-refractivity contribution in [1.29, 1.82) is 0 Å². The van der Waals surface area contributed by atoms with Crippen LogP contribution in [0.25, 0.3) is 59.1 Å². The van der Waals surface area contributed by atoms with E-state index in [0.29, 0.717) is 0 Å². The fraction of sp³-hybridized carbons (Fsp3) is 0. The van der Waals surface area contributed by atoms with Crippen molar-refractivity contribution in [2.45, 2.75) is 0 Å². The molecule has 0 saturated carbocycles. The number of fused-ring (bicyclic) bond motifs is 7. The Labute approximate surface area is 300 Å². The first-order valence-corrected chi connectivity index (χ1v) is 20.1. The lowest BCUT2D eigenvalue weighted by Crippen LogP contribution is -2.74. The van der Waals surface area contributed by atoms with E-state index in [-0.39, 0.29) is 0 Å². The molecule has 51 heavy (non-hydrogen) atoms. The molecule has 5 heteroatoms. The molecule has 0 spiro atoms. The Kier molecular flexibility index (Phi) is 7.01. The topological polar surface area (TPSA) is 30.7 Å². The molecule has 4 aromatic heterocycles. The van der Waals surface area contributed by atoms with Crippen LogP contribution in [0.5, 0.6) is 0 Å². The largest absolute Gasteiger partial charge is 0.294 e. The molecule has 3 nitrogen and oxygen atoms in total. The van der Waals surface area contributed by atoms with E-state index in [1.54, 1.807) is 0 Å². The van der Waals surface area contributed by atoms with Crippen molar-refractivity contribution in [2.24, 2.45) is 0 Å². The molecule has 0 amide bonds. The Hall–Kier alpha value is -6.14. The Bertz CT molecular complexity index is 2810. The minimum absolute atomic E-state index is 0.914. The zero-order valence-corrected chi connectivity index (χ0v) is 29.5. The Balaban J connectivity index is 1.46. The predicted octanol–water partition coefficient (Wildman–Crippen LogP) is 8.99. The van der Waals surface area contributed by atoms with Crippen molar-refractivity contribution in [3.05, 3.63) is 188 Å². The molecule has 0 unspecified atom stereocenters. The summed E-state index contributed by atoms with van der Waals surface area (Å²) < 4.78 is 5.01. The average molecular weight is 686 g/mol. The summed E-state index contributed by atoms with van der Waals surface area (Å²) in [6, 6.07) is 64.3. The number of rotatable bonds is 6. The molecule has 0 atom stereocenters. The number of aromatic nitrogens is 3. The van der Waals surface area contributed by atoms with Crippen molar-refractivity contribution in [3.63, 3.8) is 0 Å². The summed E-state index contributed by atoms with van der Waals surface area (Å²) in [7, 11) is -3.03. The third-order valence-electron chi connectivity index (χ3n) is 10.2. The van der Waals surface area contributed by atoms with Crippen LogP contribution in [0.4, 0.5) is 0 Å². The first kappa shape index (κ1) is 29.7. The van der Waals surface area contributed by atoms with Gasteiger partial charge in [0, 0.05) is 48.9 Å². The van der Waals surface area contributed by atoms with Crippen LogP contribution in [0.2, 0.25) is 0 Å². The minimum Gasteiger partial charge on any atom is -0.294 e. The normalized spacial score (nSPS) is 11.9. The predicted molar refractivity (Wildman–Crippen MR) is 218 cm³/mol. The van der Waals surface area contributed by atoms with Crippen molar-refractivity contribution >= 4 is 82.1 Å². The second kappa shape index (κ2) is 12.0. The highest BCUT2D eigenvalue weighted by atomic mass is 32.1. The van der Waals surface area contributed by atoms with Gasteiger partial charge in [0.05, 0.1) is 16.7 Å². The van der Waals surface area contributed by atoms with Crippen LogP contribution in [0.3, 0.4) is 0 Å². The van der Waals surface area contributed by atoms with Crippen LogP contribution in [0.15, 0.2) is 188 Å². The summed E-state index contributed by atoms with van der Waals surface area (Å²) in [5, 5.41) is 10.5. The van der Waals surface area contributed by atoms with Crippen LogP contribution in [-0.4, -0.2) is 22.6 Å². The van der Waals surface area contributed by atoms with Gasteiger partial charge < -0.3 is 0 Å². The molecular weight excluding hydrogens is 655 g/mol. The van der Waals surface area contributed by atoms with Crippen molar-refractivity contribution in [3.8, 4) is 17.1 Å². The summed E-state index contributed by atoms with van der Waals surface area (Å²) in [6.45, 7) is 0. The fourth-order valence-electron chi connectivity index (χ4n) is 8.14. The molecule has 0 fully saturated rings. The van der Waals surface area contributed by atoms with Crippen LogP contribution in [0.1, 0.15) is 0 Å². The van der Waals surface area contributed by atoms with E-state index in [2.05, 4.69) is 168 Å². The van der Waals surface area contributed by atoms with E-state index in [0.717, 1.165) is 22.6 Å². The maximum Gasteiger partial charge on any atom is 0.181 e. The average Bonchev–Trinajstić information content (AvgIpc) is 3.76. The number of para-hydroxylation sites is 1. The van der Waals surface area contributed by atoms with E-state index in [1.807, 2.05) is 35.9 Å². The quantitative estimate of drug-likeness (QED) is 0.129. The Morgan fingerprint density at radius 2 is 1.12 bits per heavy atom. The summed E-state index contributed by atoms with van der Waals surface area (Å²) in [5.74, 6) is 0.914. The smallest absolute Gasteiger partial charge is 0.181 e. The highest BCUT2D eigenvalue weighted by Crippen LogP contribution is 2.43. The number of hydrogen-bond acceptors (Lipinski definition) is 3. The second-order valence-corrected chi connectivity index (χ2v) is 17.8. The van der Waals surface area contributed by atoms with Crippen molar-refractivity contribution in [2.75, 3.05) is 0 Å². The molecule has 10 rings (SSSR count). The summed E-state index contributed by atoms with van der Waals surface area (Å²) >= 11 is 1.93. The van der Waals surface area contributed by atoms with Gasteiger partial charge in [-0.25, -0.2) is 4.98 Å². The van der Waals surface area contributed by atoms with Crippen molar-refractivity contribution < 1.29 is 0 Å². The van der Waals surface area contributed by atoms with Crippen LogP contribution in [0, 0.1) is 0 Å². The number of thiophene rings is 1. The van der Waals surface area contributed by atoms with E-state index in [4.69, 9.17) is 9.97 Å². The van der Waals surface area contributed by atoms with Gasteiger partial charge in [-0.1, -0.05) is 133 Å². The maximum absolute atomic E-state index is 4.93. The first-order chi connectivity index (χ1) is 25.3. The maximum atomic E-state index is 4.93. The third-order valence-corrected chi connectivity index (χ3v) is 16.4. The Morgan fingerprint density at radius 1 is 0.471 bits per heavy atom. The Morgan fingerprint density at radius 3 is 1.84 bits per heavy atom. The molecule has 0 bridgehead atoms. The summed E-state index contributed by atoms with van der Waals surface area (Å²) in [4.78, 5) is 9.72. The van der Waals surface area contributed by atoms with Crippen LogP contribution in [-0.2, 0) is 0 Å². The third kappa shape index (κ3) is 4.56. The van der Waals surface area contributed by atoms with Crippen LogP contribution >= 0.6 is 11.3 Å². The fourth-order valence-corrected chi connectivity index (χ4v) is 14.7. The van der Waals surface area contributed by atoms with Gasteiger partial charge in [-0.05, 0) is 63.2 Å². The molecule has 0 aliphatic rings. The molecule has 4 heterocycles. The van der Waals surface area contributed by atoms with Crippen molar-refractivity contribution in [1.82, 2.24) is 14.5 Å². The van der Waals surface area contributed by atoms with Gasteiger partial charge in [-0.15, -0.1) is 11.3 Å². The van der Waals surface area contributed by atoms with Gasteiger partial charge in [0.15, 0.2) is 8.07 Å². The zero-order valence-electron chi connectivity index (χ0n) is 27.6. The number of hydrogen-bond donors (Lipinski definition) is 0. The first-order valence-electron chi connectivity index (χ1n) is 17.2. The van der Waals surface area contributed by atoms with Gasteiger partial charge in [0.1, 0.15) is 5.82 Å². The van der Waals surface area contributed by atoms with Gasteiger partial charge >= 0.3 is 0 Å². The van der Waals surface area contributed by atoms with E-state index >= 15 is 0 Å². The molecule has 0 aliphatic carbocycles. The van der Waals surface area contributed by atoms with E-state index in [9.17, 15) is 0 Å². The lowest BCUT2D eigenvalue weighted by atomic mass is 10.1. The molecule has 10 aromatic rings. The monoisotopic (exact) mass is 685 g/mol. The molecule has 0 N–H and O–H groups in total. The lowest BCUT2D eigenvalue weighted by molar-refractivity contribution is 1.08. The molecule has 0 aliphatic heterocycles. The highest BCUT2D eigenvalue weighted by molar-refractivity contribution is 7.31. The second-order valence-electron chi connectivity index (χ2n) is 12.9. The standard InChI is InChI=1S/C46H31N3SSi/c1-3-17-33(18-4-1)51(34-19-5-2-6-20-34,35-21-15-16-32(30-35)38-24-11-13-28-47-38)42-31-40-44(45-37-23-8-10-26-41(37)50-46(42)45)36-22-7-9-25-39(36)49(40)43-27-12-14-29-48-43/h1-31H. The molecule has 6 aromatic carbocycles. The summed E-state index contributed by atoms with van der Waals surface area (Å²) in [6.07, 6.45) is 3.78. The van der Waals surface area contributed by atoms with Gasteiger partial charge in [0.25, 0.3) is 0 Å². The van der Waals surface area contributed by atoms with E-state index in [1.165, 1.54) is 57.2 Å².